The van der Waals surface area contributed by atoms with E-state index < -0.39 is 5.76 Å². The second-order valence-corrected chi connectivity index (χ2v) is 8.10. The number of amides is 1. The second-order valence-electron chi connectivity index (χ2n) is 8.10. The highest BCUT2D eigenvalue weighted by Gasteiger charge is 2.56. The summed E-state index contributed by atoms with van der Waals surface area (Å²) in [5.74, 6) is -0.589. The van der Waals surface area contributed by atoms with Crippen LogP contribution >= 0.6 is 0 Å². The fraction of sp³-hybridized carbons (Fsp3) is 0.364. The quantitative estimate of drug-likeness (QED) is 0.719. The molecule has 144 valence electrons. The van der Waals surface area contributed by atoms with Crippen LogP contribution in [0.4, 0.5) is 5.69 Å². The number of nitrogens with one attached hydrogen (secondary N) is 2. The van der Waals surface area contributed by atoms with Crippen LogP contribution in [0.2, 0.25) is 0 Å². The van der Waals surface area contributed by atoms with Crippen molar-refractivity contribution in [3.63, 3.8) is 0 Å². The Labute approximate surface area is 161 Å². The van der Waals surface area contributed by atoms with Crippen LogP contribution < -0.4 is 11.1 Å². The van der Waals surface area contributed by atoms with Crippen molar-refractivity contribution in [1.82, 2.24) is 4.98 Å². The number of aryl methyl sites for hydroxylation is 1. The molecule has 2 N–H and O–H groups in total. The van der Waals surface area contributed by atoms with Crippen LogP contribution in [-0.2, 0) is 15.1 Å². The first-order chi connectivity index (χ1) is 13.5. The molecule has 0 spiro atoms. The second kappa shape index (κ2) is 6.07. The Hall–Kier alpha value is -2.86. The molecule has 0 aliphatic carbocycles. The molecule has 0 atom stereocenters. The van der Waals surface area contributed by atoms with E-state index in [0.29, 0.717) is 23.2 Å². The van der Waals surface area contributed by atoms with Gasteiger partial charge >= 0.3 is 5.76 Å². The summed E-state index contributed by atoms with van der Waals surface area (Å²) in [6.07, 6.45) is 4.00. The number of oxazole rings is 1. The van der Waals surface area contributed by atoms with Crippen LogP contribution in [0.1, 0.15) is 43.2 Å². The Morgan fingerprint density at radius 1 is 1.11 bits per heavy atom. The van der Waals surface area contributed by atoms with Crippen molar-refractivity contribution in [2.24, 2.45) is 0 Å². The number of fused-ring (bicyclic) bond motifs is 3. The molecular weight excluding hydrogens is 356 g/mol. The van der Waals surface area contributed by atoms with Gasteiger partial charge in [-0.3, -0.25) is 9.78 Å². The molecule has 6 heteroatoms. The Bertz CT molecular complexity index is 1100. The highest BCUT2D eigenvalue weighted by atomic mass is 16.5. The molecular formula is C22H22N2O4. The molecule has 0 unspecified atom stereocenters. The van der Waals surface area contributed by atoms with Gasteiger partial charge in [-0.2, -0.15) is 0 Å². The summed E-state index contributed by atoms with van der Waals surface area (Å²) in [7, 11) is 0. The Morgan fingerprint density at radius 3 is 2.61 bits per heavy atom. The van der Waals surface area contributed by atoms with Gasteiger partial charge < -0.3 is 14.5 Å². The molecule has 1 aromatic heterocycles. The fourth-order valence-electron chi connectivity index (χ4n) is 4.67. The Morgan fingerprint density at radius 2 is 1.86 bits per heavy atom. The van der Waals surface area contributed by atoms with Crippen molar-refractivity contribution in [2.75, 3.05) is 5.32 Å². The van der Waals surface area contributed by atoms with Gasteiger partial charge in [-0.05, 0) is 50.3 Å². The molecule has 3 aromatic rings. The van der Waals surface area contributed by atoms with Crippen molar-refractivity contribution in [2.45, 2.75) is 50.2 Å². The average Bonchev–Trinajstić information content (AvgIpc) is 3.32. The first kappa shape index (κ1) is 17.3. The molecule has 1 amide bonds. The summed E-state index contributed by atoms with van der Waals surface area (Å²) in [6.45, 7) is 2.08. The van der Waals surface area contributed by atoms with Gasteiger partial charge in [-0.1, -0.05) is 29.8 Å². The monoisotopic (exact) mass is 378 g/mol. The maximum absolute atomic E-state index is 12.7. The number of hydrogen-bond donors (Lipinski definition) is 2. The number of carbonyl (C=O) groups is 1. The zero-order chi connectivity index (χ0) is 19.4. The minimum Gasteiger partial charge on any atom is -0.408 e. The summed E-state index contributed by atoms with van der Waals surface area (Å²) < 4.78 is 11.6. The SMILES string of the molecule is Cc1ccc(C23CCC(CC(=O)Nc4ccc5[nH]c(=O)oc5c4)(CC2)O3)cc1. The molecule has 2 aliphatic heterocycles. The topological polar surface area (TPSA) is 84.3 Å². The van der Waals surface area contributed by atoms with E-state index in [1.54, 1.807) is 18.2 Å². The van der Waals surface area contributed by atoms with Crippen molar-refractivity contribution in [3.8, 4) is 0 Å². The summed E-state index contributed by atoms with van der Waals surface area (Å²) >= 11 is 0. The van der Waals surface area contributed by atoms with E-state index in [-0.39, 0.29) is 17.1 Å². The van der Waals surface area contributed by atoms with Crippen LogP contribution in [0.15, 0.2) is 51.7 Å². The van der Waals surface area contributed by atoms with Gasteiger partial charge in [0.25, 0.3) is 0 Å². The summed E-state index contributed by atoms with van der Waals surface area (Å²) in [5, 5.41) is 2.91. The highest BCUT2D eigenvalue weighted by molar-refractivity contribution is 5.93. The number of ether oxygens (including phenoxy) is 1. The standard InChI is InChI=1S/C22H22N2O4/c1-14-2-4-15(5-3-14)22-10-8-21(28-22,9-11-22)13-19(25)23-16-6-7-17-18(12-16)27-20(26)24-17/h2-7,12H,8-11,13H2,1H3,(H,23,25)(H,24,26). The minimum absolute atomic E-state index is 0.0844. The smallest absolute Gasteiger partial charge is 0.408 e. The first-order valence-corrected chi connectivity index (χ1v) is 9.66. The van der Waals surface area contributed by atoms with Gasteiger partial charge in [0.1, 0.15) is 0 Å². The number of rotatable bonds is 4. The lowest BCUT2D eigenvalue weighted by atomic mass is 9.77. The van der Waals surface area contributed by atoms with Crippen LogP contribution in [-0.4, -0.2) is 16.5 Å². The molecule has 3 heterocycles. The molecule has 5 rings (SSSR count). The number of aromatic amines is 1. The average molecular weight is 378 g/mol. The molecule has 6 nitrogen and oxygen atoms in total. The molecule has 0 radical (unpaired) electrons. The maximum Gasteiger partial charge on any atom is 0.417 e. The number of hydrogen-bond acceptors (Lipinski definition) is 4. The predicted octanol–water partition coefficient (Wildman–Crippen LogP) is 4.00. The maximum atomic E-state index is 12.7. The summed E-state index contributed by atoms with van der Waals surface area (Å²) in [6, 6.07) is 13.7. The molecule has 2 saturated heterocycles. The molecule has 2 aliphatic rings. The van der Waals surface area contributed by atoms with E-state index in [2.05, 4.69) is 41.5 Å². The fourth-order valence-corrected chi connectivity index (χ4v) is 4.67. The van der Waals surface area contributed by atoms with Crippen LogP contribution in [0.25, 0.3) is 11.1 Å². The molecule has 2 aromatic carbocycles. The van der Waals surface area contributed by atoms with Gasteiger partial charge in [-0.15, -0.1) is 0 Å². The van der Waals surface area contributed by atoms with Gasteiger partial charge in [0, 0.05) is 11.8 Å². The number of benzene rings is 2. The van der Waals surface area contributed by atoms with E-state index in [0.717, 1.165) is 25.7 Å². The lowest BCUT2D eigenvalue weighted by Crippen LogP contribution is -2.31. The van der Waals surface area contributed by atoms with Crippen molar-refractivity contribution in [1.29, 1.82) is 0 Å². The van der Waals surface area contributed by atoms with E-state index in [1.807, 2.05) is 0 Å². The Balaban J connectivity index is 1.30. The minimum atomic E-state index is -0.505. The first-order valence-electron chi connectivity index (χ1n) is 9.66. The number of anilines is 1. The van der Waals surface area contributed by atoms with Crippen LogP contribution in [0, 0.1) is 6.92 Å². The summed E-state index contributed by atoms with van der Waals surface area (Å²) in [5.41, 5.74) is 3.46. The third-order valence-corrected chi connectivity index (χ3v) is 6.15. The predicted molar refractivity (Wildman–Crippen MR) is 105 cm³/mol. The van der Waals surface area contributed by atoms with Gasteiger partial charge in [0.2, 0.25) is 5.91 Å². The highest BCUT2D eigenvalue weighted by Crippen LogP contribution is 2.57. The number of aromatic nitrogens is 1. The largest absolute Gasteiger partial charge is 0.417 e. The van der Waals surface area contributed by atoms with Gasteiger partial charge in [0.15, 0.2) is 5.58 Å². The van der Waals surface area contributed by atoms with E-state index in [9.17, 15) is 9.59 Å². The molecule has 0 saturated carbocycles. The normalized spacial score (nSPS) is 26.0. The molecule has 28 heavy (non-hydrogen) atoms. The third kappa shape index (κ3) is 2.85. The molecule has 2 fully saturated rings. The Kier molecular flexibility index (Phi) is 3.74. The molecule has 2 bridgehead atoms. The van der Waals surface area contributed by atoms with Crippen molar-refractivity contribution >= 4 is 22.7 Å². The van der Waals surface area contributed by atoms with E-state index in [1.165, 1.54) is 11.1 Å². The van der Waals surface area contributed by atoms with E-state index in [4.69, 9.17) is 9.15 Å². The third-order valence-electron chi connectivity index (χ3n) is 6.15. The number of carbonyl (C=O) groups excluding carboxylic acids is 1. The summed E-state index contributed by atoms with van der Waals surface area (Å²) in [4.78, 5) is 26.6. The zero-order valence-electron chi connectivity index (χ0n) is 15.7. The lowest BCUT2D eigenvalue weighted by molar-refractivity contribution is -0.123. The van der Waals surface area contributed by atoms with Crippen LogP contribution in [0.3, 0.4) is 0 Å². The van der Waals surface area contributed by atoms with Gasteiger partial charge in [-0.25, -0.2) is 4.79 Å². The van der Waals surface area contributed by atoms with Crippen LogP contribution in [0.5, 0.6) is 0 Å². The van der Waals surface area contributed by atoms with Crippen molar-refractivity contribution in [3.05, 3.63) is 64.1 Å². The van der Waals surface area contributed by atoms with E-state index >= 15 is 0 Å². The lowest BCUT2D eigenvalue weighted by Gasteiger charge is -2.25. The van der Waals surface area contributed by atoms with Crippen molar-refractivity contribution < 1.29 is 13.9 Å². The van der Waals surface area contributed by atoms with Gasteiger partial charge in [0.05, 0.1) is 23.1 Å². The number of H-pyrrole nitrogens is 1. The zero-order valence-corrected chi connectivity index (χ0v) is 15.7.